The topological polar surface area (TPSA) is 73.7 Å². The number of hydrogen-bond acceptors (Lipinski definition) is 4. The average Bonchev–Trinajstić information content (AvgIpc) is 2.53. The quantitative estimate of drug-likeness (QED) is 0.413. The predicted molar refractivity (Wildman–Crippen MR) is 93.0 cm³/mol. The van der Waals surface area contributed by atoms with Crippen molar-refractivity contribution < 1.29 is 9.90 Å². The second-order valence-corrected chi connectivity index (χ2v) is 5.36. The number of nitrogens with zero attached hydrogens (tertiary/aromatic N) is 1. The highest BCUT2D eigenvalue weighted by Gasteiger charge is 1.99. The highest BCUT2D eigenvalue weighted by Crippen LogP contribution is 2.13. The lowest BCUT2D eigenvalue weighted by Gasteiger charge is -2.05. The number of phenols is 1. The van der Waals surface area contributed by atoms with Gasteiger partial charge in [-0.05, 0) is 48.4 Å². The normalized spacial score (nSPS) is 10.7. The molecule has 0 aliphatic heterocycles. The van der Waals surface area contributed by atoms with Crippen molar-refractivity contribution in [1.82, 2.24) is 5.43 Å². The zero-order chi connectivity index (χ0) is 16.5. The van der Waals surface area contributed by atoms with E-state index in [0.717, 1.165) is 11.3 Å². The summed E-state index contributed by atoms with van der Waals surface area (Å²) in [7, 11) is 0. The van der Waals surface area contributed by atoms with Crippen LogP contribution in [0.4, 0.5) is 5.69 Å². The molecule has 3 N–H and O–H groups in total. The number of hydrazone groups is 1. The summed E-state index contributed by atoms with van der Waals surface area (Å²) in [5.74, 6) is 0.00728. The second-order valence-electron chi connectivity index (χ2n) is 4.93. The minimum absolute atomic E-state index is 0.153. The van der Waals surface area contributed by atoms with Crippen molar-refractivity contribution >= 4 is 29.4 Å². The Morgan fingerprint density at radius 2 is 2.00 bits per heavy atom. The lowest BCUT2D eigenvalue weighted by Crippen LogP contribution is -2.18. The van der Waals surface area contributed by atoms with Crippen molar-refractivity contribution in [3.05, 3.63) is 59.1 Å². The van der Waals surface area contributed by atoms with Gasteiger partial charge in [0.2, 0.25) is 5.91 Å². The van der Waals surface area contributed by atoms with Crippen LogP contribution in [-0.4, -0.2) is 23.8 Å². The molecule has 23 heavy (non-hydrogen) atoms. The number of halogens is 1. The third-order valence-corrected chi connectivity index (χ3v) is 3.28. The minimum Gasteiger partial charge on any atom is -0.508 e. The van der Waals surface area contributed by atoms with Crippen molar-refractivity contribution in [2.75, 3.05) is 11.9 Å². The molecule has 5 nitrogen and oxygen atoms in total. The lowest BCUT2D eigenvalue weighted by atomic mass is 10.2. The SMILES string of the molecule is O=C(CCCNc1ccc(Cl)cc1)N/N=C\c1cccc(O)c1. The van der Waals surface area contributed by atoms with Crippen molar-refractivity contribution in [2.24, 2.45) is 5.10 Å². The third-order valence-electron chi connectivity index (χ3n) is 3.03. The molecule has 0 fully saturated rings. The van der Waals surface area contributed by atoms with Crippen LogP contribution in [0.15, 0.2) is 53.6 Å². The van der Waals surface area contributed by atoms with Gasteiger partial charge < -0.3 is 10.4 Å². The molecular weight excluding hydrogens is 314 g/mol. The van der Waals surface area contributed by atoms with Gasteiger partial charge in [-0.2, -0.15) is 5.10 Å². The Bertz CT molecular complexity index is 672. The fourth-order valence-electron chi connectivity index (χ4n) is 1.89. The Balaban J connectivity index is 1.64. The van der Waals surface area contributed by atoms with Gasteiger partial charge in [0.05, 0.1) is 6.21 Å². The highest BCUT2D eigenvalue weighted by atomic mass is 35.5. The first-order valence-corrected chi connectivity index (χ1v) is 7.61. The largest absolute Gasteiger partial charge is 0.508 e. The predicted octanol–water partition coefficient (Wildman–Crippen LogP) is 3.39. The molecule has 1 amide bonds. The minimum atomic E-state index is -0.153. The maximum absolute atomic E-state index is 11.6. The van der Waals surface area contributed by atoms with E-state index in [1.807, 2.05) is 24.3 Å². The summed E-state index contributed by atoms with van der Waals surface area (Å²) in [4.78, 5) is 11.6. The molecule has 120 valence electrons. The van der Waals surface area contributed by atoms with Crippen LogP contribution in [0, 0.1) is 0 Å². The Labute approximate surface area is 140 Å². The standard InChI is InChI=1S/C17H18ClN3O2/c18-14-6-8-15(9-7-14)19-10-2-5-17(23)21-20-12-13-3-1-4-16(22)11-13/h1,3-4,6-9,11-12,19,22H,2,5,10H2,(H,21,23)/b20-12-. The number of amides is 1. The number of nitrogens with one attached hydrogen (secondary N) is 2. The summed E-state index contributed by atoms with van der Waals surface area (Å²) in [6.07, 6.45) is 2.55. The summed E-state index contributed by atoms with van der Waals surface area (Å²) in [6.45, 7) is 0.686. The first kappa shape index (κ1) is 16.8. The van der Waals surface area contributed by atoms with Gasteiger partial charge in [0, 0.05) is 23.7 Å². The van der Waals surface area contributed by atoms with E-state index in [-0.39, 0.29) is 11.7 Å². The number of phenolic OH excluding ortho intramolecular Hbond substituents is 1. The van der Waals surface area contributed by atoms with Crippen LogP contribution in [0.3, 0.4) is 0 Å². The van der Waals surface area contributed by atoms with Crippen molar-refractivity contribution in [1.29, 1.82) is 0 Å². The molecule has 2 aromatic rings. The smallest absolute Gasteiger partial charge is 0.240 e. The Morgan fingerprint density at radius 1 is 1.22 bits per heavy atom. The maximum atomic E-state index is 11.6. The number of anilines is 1. The number of carbonyl (C=O) groups is 1. The summed E-state index contributed by atoms with van der Waals surface area (Å²) >= 11 is 5.81. The van der Waals surface area contributed by atoms with Crippen LogP contribution in [0.2, 0.25) is 5.02 Å². The van der Waals surface area contributed by atoms with Crippen LogP contribution >= 0.6 is 11.6 Å². The van der Waals surface area contributed by atoms with Crippen molar-refractivity contribution in [3.63, 3.8) is 0 Å². The van der Waals surface area contributed by atoms with Gasteiger partial charge in [-0.25, -0.2) is 5.43 Å². The summed E-state index contributed by atoms with van der Waals surface area (Å²) < 4.78 is 0. The number of rotatable bonds is 7. The Hall–Kier alpha value is -2.53. The van der Waals surface area contributed by atoms with E-state index in [1.165, 1.54) is 6.21 Å². The molecule has 0 spiro atoms. The van der Waals surface area contributed by atoms with Crippen LogP contribution in [0.25, 0.3) is 0 Å². The van der Waals surface area contributed by atoms with Crippen LogP contribution < -0.4 is 10.7 Å². The fraction of sp³-hybridized carbons (Fsp3) is 0.176. The summed E-state index contributed by atoms with van der Waals surface area (Å²) in [5, 5.41) is 17.1. The monoisotopic (exact) mass is 331 g/mol. The van der Waals surface area contributed by atoms with E-state index >= 15 is 0 Å². The first-order valence-electron chi connectivity index (χ1n) is 7.24. The van der Waals surface area contributed by atoms with Gasteiger partial charge >= 0.3 is 0 Å². The van der Waals surface area contributed by atoms with Gasteiger partial charge in [0.25, 0.3) is 0 Å². The van der Waals surface area contributed by atoms with Gasteiger partial charge in [-0.3, -0.25) is 4.79 Å². The van der Waals surface area contributed by atoms with Gasteiger partial charge in [-0.15, -0.1) is 0 Å². The average molecular weight is 332 g/mol. The molecule has 0 saturated carbocycles. The van der Waals surface area contributed by atoms with Crippen molar-refractivity contribution in [2.45, 2.75) is 12.8 Å². The molecule has 0 heterocycles. The van der Waals surface area contributed by atoms with E-state index in [0.29, 0.717) is 24.4 Å². The molecule has 2 aromatic carbocycles. The zero-order valence-electron chi connectivity index (χ0n) is 12.5. The van der Waals surface area contributed by atoms with Gasteiger partial charge in [0.15, 0.2) is 0 Å². The number of carbonyl (C=O) groups excluding carboxylic acids is 1. The Morgan fingerprint density at radius 3 is 2.74 bits per heavy atom. The molecule has 0 atom stereocenters. The maximum Gasteiger partial charge on any atom is 0.240 e. The van der Waals surface area contributed by atoms with E-state index in [9.17, 15) is 9.90 Å². The molecule has 0 unspecified atom stereocenters. The lowest BCUT2D eigenvalue weighted by molar-refractivity contribution is -0.121. The molecule has 0 radical (unpaired) electrons. The van der Waals surface area contributed by atoms with Crippen LogP contribution in [0.1, 0.15) is 18.4 Å². The van der Waals surface area contributed by atoms with E-state index in [1.54, 1.807) is 24.3 Å². The van der Waals surface area contributed by atoms with E-state index < -0.39 is 0 Å². The number of aromatic hydroxyl groups is 1. The fourth-order valence-corrected chi connectivity index (χ4v) is 2.02. The molecule has 6 heteroatoms. The third kappa shape index (κ3) is 6.40. The molecule has 0 bridgehead atoms. The summed E-state index contributed by atoms with van der Waals surface area (Å²) in [5.41, 5.74) is 4.15. The van der Waals surface area contributed by atoms with E-state index in [4.69, 9.17) is 11.6 Å². The molecular formula is C17H18ClN3O2. The van der Waals surface area contributed by atoms with E-state index in [2.05, 4.69) is 15.8 Å². The zero-order valence-corrected chi connectivity index (χ0v) is 13.3. The Kier molecular flexibility index (Phi) is 6.44. The molecule has 2 rings (SSSR count). The first-order chi connectivity index (χ1) is 11.1. The van der Waals surface area contributed by atoms with Crippen LogP contribution in [-0.2, 0) is 4.79 Å². The molecule has 0 aromatic heterocycles. The number of benzene rings is 2. The van der Waals surface area contributed by atoms with Gasteiger partial charge in [0.1, 0.15) is 5.75 Å². The molecule has 0 aliphatic rings. The molecule has 0 saturated heterocycles. The highest BCUT2D eigenvalue weighted by molar-refractivity contribution is 6.30. The number of hydrogen-bond donors (Lipinski definition) is 3. The molecule has 0 aliphatic carbocycles. The van der Waals surface area contributed by atoms with Crippen molar-refractivity contribution in [3.8, 4) is 5.75 Å². The van der Waals surface area contributed by atoms with Crippen LogP contribution in [0.5, 0.6) is 5.75 Å². The summed E-state index contributed by atoms with van der Waals surface area (Å²) in [6, 6.07) is 14.0. The second kappa shape index (κ2) is 8.80. The van der Waals surface area contributed by atoms with Gasteiger partial charge in [-0.1, -0.05) is 23.7 Å².